The summed E-state index contributed by atoms with van der Waals surface area (Å²) in [7, 11) is 4.10. The Morgan fingerprint density at radius 1 is 1.00 bits per heavy atom. The summed E-state index contributed by atoms with van der Waals surface area (Å²) in [6.45, 7) is 7.58. The number of carbonyl (C=O) groups is 1. The van der Waals surface area contributed by atoms with Crippen molar-refractivity contribution in [3.8, 4) is 0 Å². The van der Waals surface area contributed by atoms with E-state index in [1.807, 2.05) is 37.2 Å². The Morgan fingerprint density at radius 2 is 1.72 bits per heavy atom. The number of nitrogens with zero attached hydrogens (tertiary/aromatic N) is 6. The van der Waals surface area contributed by atoms with Gasteiger partial charge < -0.3 is 14.7 Å². The summed E-state index contributed by atoms with van der Waals surface area (Å²) < 4.78 is 0. The van der Waals surface area contributed by atoms with Crippen LogP contribution in [0.25, 0.3) is 0 Å². The second kappa shape index (κ2) is 11.2. The number of amides is 1. The highest BCUT2D eigenvalue weighted by Gasteiger charge is 2.32. The van der Waals surface area contributed by atoms with Crippen molar-refractivity contribution in [1.82, 2.24) is 19.8 Å². The van der Waals surface area contributed by atoms with Gasteiger partial charge in [-0.1, -0.05) is 56.5 Å². The molecule has 3 aliphatic rings. The number of anilines is 2. The topological polar surface area (TPSA) is 55.8 Å². The van der Waals surface area contributed by atoms with Crippen LogP contribution >= 0.6 is 0 Å². The van der Waals surface area contributed by atoms with Crippen LogP contribution in [0.5, 0.6) is 0 Å². The number of benzene rings is 1. The summed E-state index contributed by atoms with van der Waals surface area (Å²) >= 11 is 0. The molecule has 7 nitrogen and oxygen atoms in total. The lowest BCUT2D eigenvalue weighted by molar-refractivity contribution is -0.133. The van der Waals surface area contributed by atoms with Crippen molar-refractivity contribution in [2.24, 2.45) is 0 Å². The zero-order chi connectivity index (χ0) is 25.1. The molecule has 0 bridgehead atoms. The maximum atomic E-state index is 13.6. The van der Waals surface area contributed by atoms with Crippen molar-refractivity contribution in [1.29, 1.82) is 0 Å². The molecular weight excluding hydrogens is 448 g/mol. The van der Waals surface area contributed by atoms with Crippen LogP contribution in [0.15, 0.2) is 30.3 Å². The van der Waals surface area contributed by atoms with Gasteiger partial charge in [-0.25, -0.2) is 4.98 Å². The van der Waals surface area contributed by atoms with Gasteiger partial charge in [0.2, 0.25) is 11.9 Å². The van der Waals surface area contributed by atoms with Crippen molar-refractivity contribution in [3.05, 3.63) is 47.2 Å². The van der Waals surface area contributed by atoms with Gasteiger partial charge in [-0.05, 0) is 24.8 Å². The summed E-state index contributed by atoms with van der Waals surface area (Å²) in [5, 5.41) is 0. The monoisotopic (exact) mass is 490 g/mol. The molecule has 5 rings (SSSR count). The molecule has 36 heavy (non-hydrogen) atoms. The van der Waals surface area contributed by atoms with E-state index in [0.717, 1.165) is 73.6 Å². The van der Waals surface area contributed by atoms with Crippen molar-refractivity contribution in [2.45, 2.75) is 70.4 Å². The number of aromatic nitrogens is 2. The Hall–Kier alpha value is -2.67. The van der Waals surface area contributed by atoms with Crippen LogP contribution < -0.4 is 9.80 Å². The highest BCUT2D eigenvalue weighted by molar-refractivity contribution is 5.84. The molecule has 2 fully saturated rings. The largest absolute Gasteiger partial charge is 0.362 e. The molecule has 1 atom stereocenters. The van der Waals surface area contributed by atoms with Gasteiger partial charge >= 0.3 is 0 Å². The molecular formula is C29H42N6O. The fourth-order valence-corrected chi connectivity index (χ4v) is 6.28. The van der Waals surface area contributed by atoms with Gasteiger partial charge in [0.1, 0.15) is 5.82 Å². The predicted octanol–water partition coefficient (Wildman–Crippen LogP) is 4.08. The molecule has 1 saturated carbocycles. The molecule has 194 valence electrons. The van der Waals surface area contributed by atoms with Gasteiger partial charge in [0.25, 0.3) is 0 Å². The van der Waals surface area contributed by atoms with Crippen molar-refractivity contribution >= 4 is 17.7 Å². The van der Waals surface area contributed by atoms with E-state index < -0.39 is 0 Å². The lowest BCUT2D eigenvalue weighted by Crippen LogP contribution is -2.51. The van der Waals surface area contributed by atoms with E-state index in [0.29, 0.717) is 13.1 Å². The number of hydrogen-bond donors (Lipinski definition) is 0. The third-order valence-electron chi connectivity index (χ3n) is 8.36. The van der Waals surface area contributed by atoms with Gasteiger partial charge in [-0.15, -0.1) is 0 Å². The molecule has 1 amide bonds. The Balaban J connectivity index is 1.31. The highest BCUT2D eigenvalue weighted by atomic mass is 16.2. The first kappa shape index (κ1) is 25.0. The Labute approximate surface area is 216 Å². The Kier molecular flexibility index (Phi) is 7.75. The highest BCUT2D eigenvalue weighted by Crippen LogP contribution is 2.31. The van der Waals surface area contributed by atoms with Gasteiger partial charge in [-0.3, -0.25) is 9.69 Å². The second-order valence-corrected chi connectivity index (χ2v) is 10.9. The van der Waals surface area contributed by atoms with E-state index in [4.69, 9.17) is 9.97 Å². The molecule has 2 aromatic rings. The first-order valence-electron chi connectivity index (χ1n) is 13.9. The minimum Gasteiger partial charge on any atom is -0.362 e. The molecule has 0 spiro atoms. The normalized spacial score (nSPS) is 20.2. The van der Waals surface area contributed by atoms with Gasteiger partial charge in [0.05, 0.1) is 18.2 Å². The standard InChI is InChI=1S/C29H42N6O/c1-4-24(22-11-7-5-8-12-22)28(36)35-16-15-26-25(21-35)27(32(2)3)31-29(30-26)34-19-17-33(18-20-34)23-13-9-6-10-14-23/h5,7-8,11-12,23-24H,4,6,9-10,13-21H2,1-3H3. The molecule has 0 N–H and O–H groups in total. The van der Waals surface area contributed by atoms with Crippen LogP contribution in [0.1, 0.15) is 68.2 Å². The maximum Gasteiger partial charge on any atom is 0.230 e. The first-order valence-corrected chi connectivity index (χ1v) is 13.9. The zero-order valence-corrected chi connectivity index (χ0v) is 22.3. The third kappa shape index (κ3) is 5.22. The minimum absolute atomic E-state index is 0.101. The number of carbonyl (C=O) groups excluding carboxylic acids is 1. The van der Waals surface area contributed by atoms with Gasteiger partial charge in [-0.2, -0.15) is 4.98 Å². The van der Waals surface area contributed by atoms with E-state index in [2.05, 4.69) is 33.8 Å². The number of piperazine rings is 1. The van der Waals surface area contributed by atoms with Crippen LogP contribution in [0.4, 0.5) is 11.8 Å². The molecule has 1 aromatic heterocycles. The lowest BCUT2D eigenvalue weighted by Gasteiger charge is -2.41. The second-order valence-electron chi connectivity index (χ2n) is 10.9. The summed E-state index contributed by atoms with van der Waals surface area (Å²) in [5.74, 6) is 1.92. The molecule has 1 saturated heterocycles. The number of hydrogen-bond acceptors (Lipinski definition) is 6. The minimum atomic E-state index is -0.101. The van der Waals surface area contributed by atoms with Crippen molar-refractivity contribution in [2.75, 3.05) is 56.6 Å². The van der Waals surface area contributed by atoms with E-state index in [1.54, 1.807) is 0 Å². The number of rotatable bonds is 6. The van der Waals surface area contributed by atoms with Crippen LogP contribution in [0.3, 0.4) is 0 Å². The van der Waals surface area contributed by atoms with Crippen LogP contribution in [-0.2, 0) is 17.8 Å². The predicted molar refractivity (Wildman–Crippen MR) is 146 cm³/mol. The average Bonchev–Trinajstić information content (AvgIpc) is 2.93. The third-order valence-corrected chi connectivity index (χ3v) is 8.36. The molecule has 0 radical (unpaired) electrons. The molecule has 2 aliphatic heterocycles. The van der Waals surface area contributed by atoms with Crippen LogP contribution in [0.2, 0.25) is 0 Å². The van der Waals surface area contributed by atoms with Crippen LogP contribution in [-0.4, -0.2) is 78.5 Å². The van der Waals surface area contributed by atoms with E-state index >= 15 is 0 Å². The van der Waals surface area contributed by atoms with Crippen LogP contribution in [0, 0.1) is 0 Å². The van der Waals surface area contributed by atoms with Gasteiger partial charge in [0, 0.05) is 64.8 Å². The summed E-state index contributed by atoms with van der Waals surface area (Å²) in [5.41, 5.74) is 3.31. The molecule has 1 aliphatic carbocycles. The number of fused-ring (bicyclic) bond motifs is 1. The molecule has 1 aromatic carbocycles. The van der Waals surface area contributed by atoms with E-state index in [9.17, 15) is 4.79 Å². The zero-order valence-electron chi connectivity index (χ0n) is 22.3. The first-order chi connectivity index (χ1) is 17.5. The SMILES string of the molecule is CCC(C(=O)N1CCc2nc(N3CCN(C4CCCCC4)CC3)nc(N(C)C)c2C1)c1ccccc1. The molecule has 3 heterocycles. The summed E-state index contributed by atoms with van der Waals surface area (Å²) in [6, 6.07) is 11.0. The Morgan fingerprint density at radius 3 is 2.39 bits per heavy atom. The fourth-order valence-electron chi connectivity index (χ4n) is 6.28. The Bertz CT molecular complexity index is 1030. The fraction of sp³-hybridized carbons (Fsp3) is 0.621. The van der Waals surface area contributed by atoms with Gasteiger partial charge in [0.15, 0.2) is 0 Å². The van der Waals surface area contributed by atoms with Crippen molar-refractivity contribution < 1.29 is 4.79 Å². The quantitative estimate of drug-likeness (QED) is 0.608. The summed E-state index contributed by atoms with van der Waals surface area (Å²) in [4.78, 5) is 32.8. The van der Waals surface area contributed by atoms with E-state index in [1.165, 1.54) is 32.1 Å². The average molecular weight is 491 g/mol. The smallest absolute Gasteiger partial charge is 0.230 e. The van der Waals surface area contributed by atoms with Crippen molar-refractivity contribution in [3.63, 3.8) is 0 Å². The molecule has 7 heteroatoms. The lowest BCUT2D eigenvalue weighted by atomic mass is 9.93. The van der Waals surface area contributed by atoms with E-state index in [-0.39, 0.29) is 11.8 Å². The maximum absolute atomic E-state index is 13.6. The molecule has 1 unspecified atom stereocenters. The summed E-state index contributed by atoms with van der Waals surface area (Å²) in [6.07, 6.45) is 8.47.